The van der Waals surface area contributed by atoms with Gasteiger partial charge in [0.25, 0.3) is 5.91 Å². The highest BCUT2D eigenvalue weighted by atomic mass is 35.5. The Morgan fingerprint density at radius 3 is 2.54 bits per heavy atom. The van der Waals surface area contributed by atoms with Crippen molar-refractivity contribution >= 4 is 27.3 Å². The van der Waals surface area contributed by atoms with Crippen molar-refractivity contribution in [3.63, 3.8) is 0 Å². The van der Waals surface area contributed by atoms with Gasteiger partial charge in [0.15, 0.2) is 9.84 Å². The lowest BCUT2D eigenvalue weighted by molar-refractivity contribution is 0.0784. The predicted molar refractivity (Wildman–Crippen MR) is 93.4 cm³/mol. The Bertz CT molecular complexity index is 865. The van der Waals surface area contributed by atoms with Crippen LogP contribution in [-0.4, -0.2) is 39.6 Å². The van der Waals surface area contributed by atoms with Crippen molar-refractivity contribution < 1.29 is 17.9 Å². The lowest BCUT2D eigenvalue weighted by Crippen LogP contribution is -2.26. The molecule has 1 amide bonds. The van der Waals surface area contributed by atoms with Gasteiger partial charge < -0.3 is 9.64 Å². The maximum absolute atomic E-state index is 12.6. The molecule has 5 nitrogen and oxygen atoms in total. The maximum Gasteiger partial charge on any atom is 0.253 e. The summed E-state index contributed by atoms with van der Waals surface area (Å²) in [6, 6.07) is 11.2. The smallest absolute Gasteiger partial charge is 0.253 e. The highest BCUT2D eigenvalue weighted by molar-refractivity contribution is 7.90. The molecule has 0 N–H and O–H groups in total. The number of hydrogen-bond donors (Lipinski definition) is 0. The zero-order chi connectivity index (χ0) is 17.9. The summed E-state index contributed by atoms with van der Waals surface area (Å²) >= 11 is 6.00. The molecule has 0 saturated heterocycles. The Morgan fingerprint density at radius 1 is 1.21 bits per heavy atom. The van der Waals surface area contributed by atoms with Gasteiger partial charge in [-0.15, -0.1) is 0 Å². The van der Waals surface area contributed by atoms with Crippen molar-refractivity contribution in [2.75, 3.05) is 20.4 Å². The molecule has 0 fully saturated rings. The van der Waals surface area contributed by atoms with Crippen molar-refractivity contribution in [2.24, 2.45) is 0 Å². The minimum absolute atomic E-state index is 0.113. The van der Waals surface area contributed by atoms with E-state index in [0.717, 1.165) is 11.8 Å². The van der Waals surface area contributed by atoms with E-state index in [-0.39, 0.29) is 17.3 Å². The number of hydrogen-bond acceptors (Lipinski definition) is 4. The first-order chi connectivity index (χ1) is 11.2. The number of nitrogens with zero attached hydrogens (tertiary/aromatic N) is 1. The first-order valence-corrected chi connectivity index (χ1v) is 9.37. The standard InChI is InChI=1S/C17H18ClNO4S/c1-19(11-13-9-14(18)7-8-16(13)23-2)17(20)12-5-4-6-15(10-12)24(3,21)22/h4-10H,11H2,1-3H3. The molecule has 0 saturated carbocycles. The van der Waals surface area contributed by atoms with Crippen molar-refractivity contribution in [1.82, 2.24) is 4.90 Å². The largest absolute Gasteiger partial charge is 0.496 e. The molecular weight excluding hydrogens is 350 g/mol. The van der Waals surface area contributed by atoms with Crippen LogP contribution in [0.1, 0.15) is 15.9 Å². The molecule has 24 heavy (non-hydrogen) atoms. The summed E-state index contributed by atoms with van der Waals surface area (Å²) in [5.74, 6) is 0.339. The molecule has 0 bridgehead atoms. The topological polar surface area (TPSA) is 63.7 Å². The van der Waals surface area contributed by atoms with Crippen LogP contribution < -0.4 is 4.74 Å². The maximum atomic E-state index is 12.6. The summed E-state index contributed by atoms with van der Waals surface area (Å²) in [6.45, 7) is 0.283. The molecule has 2 rings (SSSR count). The molecule has 0 unspecified atom stereocenters. The third-order valence-electron chi connectivity index (χ3n) is 3.51. The SMILES string of the molecule is COc1ccc(Cl)cc1CN(C)C(=O)c1cccc(S(C)(=O)=O)c1. The quantitative estimate of drug-likeness (QED) is 0.814. The third kappa shape index (κ3) is 4.27. The zero-order valence-electron chi connectivity index (χ0n) is 13.6. The van der Waals surface area contributed by atoms with E-state index >= 15 is 0 Å². The van der Waals surface area contributed by atoms with E-state index in [4.69, 9.17) is 16.3 Å². The Morgan fingerprint density at radius 2 is 1.92 bits per heavy atom. The molecular formula is C17H18ClNO4S. The number of rotatable bonds is 5. The van der Waals surface area contributed by atoms with Crippen molar-refractivity contribution in [1.29, 1.82) is 0 Å². The number of carbonyl (C=O) groups is 1. The highest BCUT2D eigenvalue weighted by Gasteiger charge is 2.16. The summed E-state index contributed by atoms with van der Waals surface area (Å²) < 4.78 is 28.5. The number of sulfone groups is 1. The van der Waals surface area contributed by atoms with Crippen molar-refractivity contribution in [3.05, 3.63) is 58.6 Å². The number of benzene rings is 2. The summed E-state index contributed by atoms with van der Waals surface area (Å²) in [7, 11) is -0.187. The summed E-state index contributed by atoms with van der Waals surface area (Å²) in [5.41, 5.74) is 1.07. The number of carbonyl (C=O) groups excluding carboxylic acids is 1. The fourth-order valence-electron chi connectivity index (χ4n) is 2.28. The van der Waals surface area contributed by atoms with Crippen LogP contribution in [0, 0.1) is 0 Å². The van der Waals surface area contributed by atoms with Gasteiger partial charge in [-0.25, -0.2) is 8.42 Å². The molecule has 128 valence electrons. The van der Waals surface area contributed by atoms with Crippen LogP contribution in [-0.2, 0) is 16.4 Å². The lowest BCUT2D eigenvalue weighted by Gasteiger charge is -2.19. The summed E-state index contributed by atoms with van der Waals surface area (Å²) in [5, 5.41) is 0.547. The zero-order valence-corrected chi connectivity index (χ0v) is 15.2. The fraction of sp³-hybridized carbons (Fsp3) is 0.235. The van der Waals surface area contributed by atoms with E-state index in [0.29, 0.717) is 16.3 Å². The van der Waals surface area contributed by atoms with Gasteiger partial charge >= 0.3 is 0 Å². The number of halogens is 1. The minimum atomic E-state index is -3.37. The molecule has 0 heterocycles. The minimum Gasteiger partial charge on any atom is -0.496 e. The normalized spacial score (nSPS) is 11.2. The molecule has 0 aliphatic rings. The van der Waals surface area contributed by atoms with Gasteiger partial charge in [-0.3, -0.25) is 4.79 Å². The van der Waals surface area contributed by atoms with Crippen LogP contribution >= 0.6 is 11.6 Å². The van der Waals surface area contributed by atoms with Gasteiger partial charge in [0.2, 0.25) is 0 Å². The Balaban J connectivity index is 2.26. The molecule has 7 heteroatoms. The van der Waals surface area contributed by atoms with Crippen LogP contribution in [0.2, 0.25) is 5.02 Å². The fourth-order valence-corrected chi connectivity index (χ4v) is 3.14. The van der Waals surface area contributed by atoms with Gasteiger partial charge in [-0.2, -0.15) is 0 Å². The first-order valence-electron chi connectivity index (χ1n) is 7.10. The molecule has 0 atom stereocenters. The Kier molecular flexibility index (Phi) is 5.51. The Labute approximate surface area is 146 Å². The van der Waals surface area contributed by atoms with Crippen molar-refractivity contribution in [3.8, 4) is 5.75 Å². The van der Waals surface area contributed by atoms with Crippen LogP contribution in [0.5, 0.6) is 5.75 Å². The van der Waals surface area contributed by atoms with Gasteiger partial charge in [0, 0.05) is 36.0 Å². The van der Waals surface area contributed by atoms with Crippen LogP contribution in [0.3, 0.4) is 0 Å². The van der Waals surface area contributed by atoms with Gasteiger partial charge in [0.1, 0.15) is 5.75 Å². The number of ether oxygens (including phenoxy) is 1. The molecule has 0 aliphatic heterocycles. The van der Waals surface area contributed by atoms with E-state index in [1.807, 2.05) is 0 Å². The number of amides is 1. The third-order valence-corrected chi connectivity index (χ3v) is 4.85. The molecule has 2 aromatic rings. The molecule has 0 spiro atoms. The second kappa shape index (κ2) is 7.23. The van der Waals surface area contributed by atoms with E-state index in [2.05, 4.69) is 0 Å². The second-order valence-corrected chi connectivity index (χ2v) is 7.87. The predicted octanol–water partition coefficient (Wildman–Crippen LogP) is 3.02. The van der Waals surface area contributed by atoms with Crippen LogP contribution in [0.25, 0.3) is 0 Å². The molecule has 0 aliphatic carbocycles. The average molecular weight is 368 g/mol. The molecule has 0 aromatic heterocycles. The van der Waals surface area contributed by atoms with Gasteiger partial charge in [0.05, 0.1) is 12.0 Å². The van der Waals surface area contributed by atoms with Gasteiger partial charge in [-0.05, 0) is 36.4 Å². The summed E-state index contributed by atoms with van der Waals surface area (Å²) in [4.78, 5) is 14.2. The van der Waals surface area contributed by atoms with Gasteiger partial charge in [-0.1, -0.05) is 17.7 Å². The highest BCUT2D eigenvalue weighted by Crippen LogP contribution is 2.24. The average Bonchev–Trinajstić information content (AvgIpc) is 2.53. The van der Waals surface area contributed by atoms with E-state index in [1.54, 1.807) is 44.5 Å². The molecule has 0 radical (unpaired) electrons. The van der Waals surface area contributed by atoms with Crippen LogP contribution in [0.15, 0.2) is 47.4 Å². The van der Waals surface area contributed by atoms with E-state index < -0.39 is 9.84 Å². The first kappa shape index (κ1) is 18.3. The van der Waals surface area contributed by atoms with Crippen LogP contribution in [0.4, 0.5) is 0 Å². The van der Waals surface area contributed by atoms with Crippen molar-refractivity contribution in [2.45, 2.75) is 11.4 Å². The monoisotopic (exact) mass is 367 g/mol. The lowest BCUT2D eigenvalue weighted by atomic mass is 10.1. The van der Waals surface area contributed by atoms with E-state index in [1.165, 1.54) is 17.0 Å². The summed E-state index contributed by atoms with van der Waals surface area (Å²) in [6.07, 6.45) is 1.11. The number of methoxy groups -OCH3 is 1. The Hall–Kier alpha value is -2.05. The van der Waals surface area contributed by atoms with E-state index in [9.17, 15) is 13.2 Å². The molecule has 2 aromatic carbocycles. The second-order valence-electron chi connectivity index (χ2n) is 5.42.